The molecule has 1 fully saturated rings. The van der Waals surface area contributed by atoms with Crippen LogP contribution in [0.25, 0.3) is 0 Å². The third-order valence-corrected chi connectivity index (χ3v) is 4.92. The number of hydrogen-bond donors (Lipinski definition) is 3. The van der Waals surface area contributed by atoms with E-state index >= 15 is 0 Å². The van der Waals surface area contributed by atoms with Gasteiger partial charge in [-0.15, -0.1) is 11.3 Å². The Labute approximate surface area is 125 Å². The standard InChI is InChI=1S/C15H25N3OS/c1-12(2)16-15(19)13(3)18-8-6-17(7-9-18)11-14-5-4-10-20-14/h4-5,10,12-13H,6-9,11H2,1-3H3,(H,16,19)/p+2/t13-/m0/s1. The molecule has 2 rings (SSSR count). The number of rotatable bonds is 5. The Morgan fingerprint density at radius 3 is 2.55 bits per heavy atom. The summed E-state index contributed by atoms with van der Waals surface area (Å²) in [5.41, 5.74) is 0. The highest BCUT2D eigenvalue weighted by Crippen LogP contribution is 2.05. The Balaban J connectivity index is 1.77. The number of hydrogen-bond acceptors (Lipinski definition) is 2. The second-order valence-corrected chi connectivity index (χ2v) is 7.08. The zero-order valence-corrected chi connectivity index (χ0v) is 13.6. The summed E-state index contributed by atoms with van der Waals surface area (Å²) < 4.78 is 0. The van der Waals surface area contributed by atoms with Gasteiger partial charge in [0.2, 0.25) is 0 Å². The number of quaternary nitrogens is 2. The lowest BCUT2D eigenvalue weighted by Crippen LogP contribution is -3.29. The average Bonchev–Trinajstić information content (AvgIpc) is 2.91. The summed E-state index contributed by atoms with van der Waals surface area (Å²) in [4.78, 5) is 16.6. The first-order chi connectivity index (χ1) is 9.56. The van der Waals surface area contributed by atoms with Crippen molar-refractivity contribution >= 4 is 17.2 Å². The highest BCUT2D eigenvalue weighted by molar-refractivity contribution is 7.09. The summed E-state index contributed by atoms with van der Waals surface area (Å²) in [7, 11) is 0. The Morgan fingerprint density at radius 1 is 1.30 bits per heavy atom. The van der Waals surface area contributed by atoms with Gasteiger partial charge in [-0.05, 0) is 32.2 Å². The molecule has 0 radical (unpaired) electrons. The highest BCUT2D eigenvalue weighted by Gasteiger charge is 2.31. The van der Waals surface area contributed by atoms with Crippen molar-refractivity contribution in [3.63, 3.8) is 0 Å². The maximum absolute atomic E-state index is 12.1. The molecule has 1 aliphatic heterocycles. The fourth-order valence-corrected chi connectivity index (χ4v) is 3.57. The van der Waals surface area contributed by atoms with Crippen molar-refractivity contribution in [3.8, 4) is 0 Å². The minimum atomic E-state index is 0.0701. The van der Waals surface area contributed by atoms with Crippen LogP contribution in [0.2, 0.25) is 0 Å². The van der Waals surface area contributed by atoms with Gasteiger partial charge in [-0.2, -0.15) is 0 Å². The van der Waals surface area contributed by atoms with Gasteiger partial charge >= 0.3 is 0 Å². The molecule has 3 N–H and O–H groups in total. The van der Waals surface area contributed by atoms with Crippen molar-refractivity contribution in [2.24, 2.45) is 0 Å². The van der Waals surface area contributed by atoms with E-state index in [9.17, 15) is 4.79 Å². The van der Waals surface area contributed by atoms with Crippen molar-refractivity contribution in [1.29, 1.82) is 0 Å². The summed E-state index contributed by atoms with van der Waals surface area (Å²) in [6.45, 7) is 11.7. The summed E-state index contributed by atoms with van der Waals surface area (Å²) in [5, 5.41) is 5.17. The van der Waals surface area contributed by atoms with Crippen LogP contribution in [0.4, 0.5) is 0 Å². The Hall–Kier alpha value is -0.910. The van der Waals surface area contributed by atoms with Gasteiger partial charge in [-0.1, -0.05) is 6.07 Å². The van der Waals surface area contributed by atoms with Crippen LogP contribution < -0.4 is 15.1 Å². The maximum atomic E-state index is 12.1. The third-order valence-electron chi connectivity index (χ3n) is 4.04. The zero-order chi connectivity index (χ0) is 14.5. The molecule has 4 nitrogen and oxygen atoms in total. The summed E-state index contributed by atoms with van der Waals surface area (Å²) >= 11 is 1.84. The maximum Gasteiger partial charge on any atom is 0.278 e. The van der Waals surface area contributed by atoms with Crippen LogP contribution in [0.3, 0.4) is 0 Å². The number of carbonyl (C=O) groups excluding carboxylic acids is 1. The first-order valence-corrected chi connectivity index (χ1v) is 8.45. The monoisotopic (exact) mass is 297 g/mol. The second-order valence-electron chi connectivity index (χ2n) is 6.05. The van der Waals surface area contributed by atoms with E-state index in [1.807, 2.05) is 25.2 Å². The number of piperazine rings is 1. The predicted octanol–water partition coefficient (Wildman–Crippen LogP) is -1.06. The fourth-order valence-electron chi connectivity index (χ4n) is 2.79. The molecule has 0 spiro atoms. The van der Waals surface area contributed by atoms with E-state index in [1.165, 1.54) is 9.78 Å². The van der Waals surface area contributed by atoms with E-state index < -0.39 is 0 Å². The van der Waals surface area contributed by atoms with E-state index in [0.29, 0.717) is 0 Å². The molecule has 20 heavy (non-hydrogen) atoms. The van der Waals surface area contributed by atoms with Crippen LogP contribution in [0.15, 0.2) is 17.5 Å². The van der Waals surface area contributed by atoms with Crippen molar-refractivity contribution in [2.45, 2.75) is 39.4 Å². The third kappa shape index (κ3) is 4.30. The molecule has 0 bridgehead atoms. The number of amides is 1. The van der Waals surface area contributed by atoms with Gasteiger partial charge in [-0.3, -0.25) is 4.79 Å². The minimum absolute atomic E-state index is 0.0701. The molecule has 1 aromatic heterocycles. The Morgan fingerprint density at radius 2 is 2.00 bits per heavy atom. The van der Waals surface area contributed by atoms with Crippen LogP contribution in [0.5, 0.6) is 0 Å². The fraction of sp³-hybridized carbons (Fsp3) is 0.667. The highest BCUT2D eigenvalue weighted by atomic mass is 32.1. The van der Waals surface area contributed by atoms with Gasteiger partial charge in [0.05, 0.1) is 4.88 Å². The van der Waals surface area contributed by atoms with Gasteiger partial charge in [-0.25, -0.2) is 0 Å². The normalized spacial score (nSPS) is 24.6. The second kappa shape index (κ2) is 7.20. The van der Waals surface area contributed by atoms with Crippen LogP contribution in [-0.2, 0) is 11.3 Å². The van der Waals surface area contributed by atoms with Gasteiger partial charge in [0, 0.05) is 6.04 Å². The molecule has 1 aliphatic rings. The van der Waals surface area contributed by atoms with Crippen molar-refractivity contribution in [3.05, 3.63) is 22.4 Å². The van der Waals surface area contributed by atoms with Crippen molar-refractivity contribution in [2.75, 3.05) is 26.2 Å². The molecule has 1 aromatic rings. The van der Waals surface area contributed by atoms with Crippen LogP contribution in [0.1, 0.15) is 25.6 Å². The van der Waals surface area contributed by atoms with E-state index in [1.54, 1.807) is 4.90 Å². The summed E-state index contributed by atoms with van der Waals surface area (Å²) in [6.07, 6.45) is 0. The first-order valence-electron chi connectivity index (χ1n) is 7.57. The number of nitrogens with one attached hydrogen (secondary N) is 3. The van der Waals surface area contributed by atoms with Crippen LogP contribution in [-0.4, -0.2) is 44.2 Å². The molecule has 1 atom stereocenters. The summed E-state index contributed by atoms with van der Waals surface area (Å²) in [6, 6.07) is 4.64. The zero-order valence-electron chi connectivity index (χ0n) is 12.7. The van der Waals surface area contributed by atoms with Crippen molar-refractivity contribution < 1.29 is 14.6 Å². The van der Waals surface area contributed by atoms with Gasteiger partial charge < -0.3 is 15.1 Å². The largest absolute Gasteiger partial charge is 0.349 e. The lowest BCUT2D eigenvalue weighted by atomic mass is 10.2. The molecule has 0 saturated carbocycles. The molecule has 1 amide bonds. The SMILES string of the molecule is CC(C)NC(=O)[C@H](C)[NH+]1CC[NH+](Cc2cccs2)CC1. The molecule has 1 saturated heterocycles. The topological polar surface area (TPSA) is 38.0 Å². The van der Waals surface area contributed by atoms with Crippen LogP contribution >= 0.6 is 11.3 Å². The van der Waals surface area contributed by atoms with Gasteiger partial charge in [0.25, 0.3) is 5.91 Å². The van der Waals surface area contributed by atoms with Gasteiger partial charge in [0.1, 0.15) is 32.7 Å². The molecule has 0 unspecified atom stereocenters. The first kappa shape index (κ1) is 15.5. The smallest absolute Gasteiger partial charge is 0.278 e. The van der Waals surface area contributed by atoms with E-state index in [-0.39, 0.29) is 18.0 Å². The minimum Gasteiger partial charge on any atom is -0.349 e. The molecule has 0 aliphatic carbocycles. The summed E-state index contributed by atoms with van der Waals surface area (Å²) in [5.74, 6) is 0.191. The Kier molecular flexibility index (Phi) is 5.57. The number of carbonyl (C=O) groups is 1. The molecule has 112 valence electrons. The molecular formula is C15H27N3OS+2. The molecule has 5 heteroatoms. The van der Waals surface area contributed by atoms with E-state index in [4.69, 9.17) is 0 Å². The quantitative estimate of drug-likeness (QED) is 0.637. The predicted molar refractivity (Wildman–Crippen MR) is 82.2 cm³/mol. The molecular weight excluding hydrogens is 270 g/mol. The number of thiophene rings is 1. The lowest BCUT2D eigenvalue weighted by molar-refractivity contribution is -1.02. The van der Waals surface area contributed by atoms with Crippen LogP contribution in [0, 0.1) is 0 Å². The van der Waals surface area contributed by atoms with Crippen molar-refractivity contribution in [1.82, 2.24) is 5.32 Å². The van der Waals surface area contributed by atoms with E-state index in [2.05, 4.69) is 29.8 Å². The lowest BCUT2D eigenvalue weighted by Gasteiger charge is -2.32. The average molecular weight is 297 g/mol. The van der Waals surface area contributed by atoms with Gasteiger partial charge in [0.15, 0.2) is 6.04 Å². The molecule has 2 heterocycles. The molecule has 0 aromatic carbocycles. The van der Waals surface area contributed by atoms with E-state index in [0.717, 1.165) is 32.7 Å². The Bertz CT molecular complexity index is 411.